The van der Waals surface area contributed by atoms with Gasteiger partial charge in [-0.1, -0.05) is 0 Å². The summed E-state index contributed by atoms with van der Waals surface area (Å²) in [5, 5.41) is 0. The first-order valence-electron chi connectivity index (χ1n) is 9.63. The lowest BCUT2D eigenvalue weighted by Gasteiger charge is -2.33. The first-order valence-corrected chi connectivity index (χ1v) is 9.63. The largest absolute Gasteiger partial charge is 0.484 e. The minimum atomic E-state index is -0.317. The Morgan fingerprint density at radius 2 is 2.07 bits per heavy atom. The van der Waals surface area contributed by atoms with Gasteiger partial charge in [-0.2, -0.15) is 0 Å². The number of benzene rings is 1. The number of carbonyl (C=O) groups excluding carboxylic acids is 1. The molecule has 1 fully saturated rings. The summed E-state index contributed by atoms with van der Waals surface area (Å²) in [5.74, 6) is 1.68. The number of rotatable bonds is 6. The fourth-order valence-electron chi connectivity index (χ4n) is 3.84. The number of carbonyl (C=O) groups is 1. The summed E-state index contributed by atoms with van der Waals surface area (Å²) < 4.78 is 20.7. The molecule has 1 aromatic carbocycles. The zero-order valence-corrected chi connectivity index (χ0v) is 16.3. The average Bonchev–Trinajstić information content (AvgIpc) is 3.01. The summed E-state index contributed by atoms with van der Waals surface area (Å²) >= 11 is 0. The van der Waals surface area contributed by atoms with Gasteiger partial charge in [0.15, 0.2) is 6.61 Å². The molecule has 0 aliphatic carbocycles. The number of piperidine rings is 1. The number of hydrogen-bond donors (Lipinski definition) is 0. The van der Waals surface area contributed by atoms with Gasteiger partial charge in [0.25, 0.3) is 5.91 Å². The molecule has 1 atom stereocenters. The summed E-state index contributed by atoms with van der Waals surface area (Å²) in [6, 6.07) is 6.11. The SMILES string of the molecule is Cc1cnc(CC2CCCN(C(=O)COc3ccc(F)cc3)C2)n1C(C)C. The van der Waals surface area contributed by atoms with Crippen LogP contribution in [0.4, 0.5) is 4.39 Å². The second kappa shape index (κ2) is 8.55. The minimum absolute atomic E-state index is 0.0158. The Balaban J connectivity index is 1.55. The lowest BCUT2D eigenvalue weighted by atomic mass is 9.94. The summed E-state index contributed by atoms with van der Waals surface area (Å²) in [6.45, 7) is 7.90. The van der Waals surface area contributed by atoms with Gasteiger partial charge in [-0.15, -0.1) is 0 Å². The van der Waals surface area contributed by atoms with E-state index < -0.39 is 0 Å². The van der Waals surface area contributed by atoms with Gasteiger partial charge in [-0.05, 0) is 63.8 Å². The van der Waals surface area contributed by atoms with Crippen LogP contribution in [0.1, 0.15) is 44.2 Å². The third kappa shape index (κ3) is 4.87. The predicted molar refractivity (Wildman–Crippen MR) is 102 cm³/mol. The van der Waals surface area contributed by atoms with E-state index in [9.17, 15) is 9.18 Å². The average molecular weight is 373 g/mol. The van der Waals surface area contributed by atoms with Crippen molar-refractivity contribution in [2.75, 3.05) is 19.7 Å². The van der Waals surface area contributed by atoms with Gasteiger partial charge < -0.3 is 14.2 Å². The highest BCUT2D eigenvalue weighted by Crippen LogP contribution is 2.23. The topological polar surface area (TPSA) is 47.4 Å². The molecule has 6 heteroatoms. The molecule has 1 aromatic heterocycles. The van der Waals surface area contributed by atoms with Gasteiger partial charge in [-0.25, -0.2) is 9.37 Å². The van der Waals surface area contributed by atoms with Crippen LogP contribution in [0, 0.1) is 18.7 Å². The number of likely N-dealkylation sites (tertiary alicyclic amines) is 1. The normalized spacial score (nSPS) is 17.4. The van der Waals surface area contributed by atoms with Gasteiger partial charge in [0.05, 0.1) is 0 Å². The van der Waals surface area contributed by atoms with Crippen LogP contribution in [-0.2, 0) is 11.2 Å². The van der Waals surface area contributed by atoms with Crippen molar-refractivity contribution in [3.05, 3.63) is 47.8 Å². The van der Waals surface area contributed by atoms with E-state index in [-0.39, 0.29) is 18.3 Å². The van der Waals surface area contributed by atoms with Gasteiger partial charge >= 0.3 is 0 Å². The molecule has 2 aromatic rings. The number of halogens is 1. The Morgan fingerprint density at radius 1 is 1.33 bits per heavy atom. The number of aromatic nitrogens is 2. The van der Waals surface area contributed by atoms with Crippen molar-refractivity contribution in [1.82, 2.24) is 14.5 Å². The summed E-state index contributed by atoms with van der Waals surface area (Å²) in [6.07, 6.45) is 4.91. The molecule has 2 heterocycles. The summed E-state index contributed by atoms with van der Waals surface area (Å²) in [4.78, 5) is 19.0. The zero-order valence-electron chi connectivity index (χ0n) is 16.3. The molecule has 146 valence electrons. The van der Waals surface area contributed by atoms with Crippen LogP contribution in [-0.4, -0.2) is 40.1 Å². The number of imidazole rings is 1. The van der Waals surface area contributed by atoms with Gasteiger partial charge in [0.1, 0.15) is 17.4 Å². The maximum atomic E-state index is 12.9. The Kier molecular flexibility index (Phi) is 6.14. The monoisotopic (exact) mass is 373 g/mol. The second-order valence-electron chi connectivity index (χ2n) is 7.57. The van der Waals surface area contributed by atoms with Gasteiger partial charge in [0.2, 0.25) is 0 Å². The third-order valence-corrected chi connectivity index (χ3v) is 5.09. The Morgan fingerprint density at radius 3 is 2.78 bits per heavy atom. The lowest BCUT2D eigenvalue weighted by Crippen LogP contribution is -2.43. The molecule has 1 amide bonds. The standard InChI is InChI=1S/C21H28FN3O2/c1-15(2)25-16(3)12-23-20(25)11-17-5-4-10-24(13-17)21(26)14-27-19-8-6-18(22)7-9-19/h6-9,12,15,17H,4-5,10-11,13-14H2,1-3H3. The van der Waals surface area contributed by atoms with Crippen LogP contribution in [0.5, 0.6) is 5.75 Å². The van der Waals surface area contributed by atoms with Crippen LogP contribution in [0.25, 0.3) is 0 Å². The quantitative estimate of drug-likeness (QED) is 0.774. The van der Waals surface area contributed by atoms with Crippen molar-refractivity contribution in [1.29, 1.82) is 0 Å². The van der Waals surface area contributed by atoms with E-state index in [0.717, 1.165) is 38.2 Å². The lowest BCUT2D eigenvalue weighted by molar-refractivity contribution is -0.135. The minimum Gasteiger partial charge on any atom is -0.484 e. The smallest absolute Gasteiger partial charge is 0.260 e. The van der Waals surface area contributed by atoms with Crippen molar-refractivity contribution >= 4 is 5.91 Å². The van der Waals surface area contributed by atoms with E-state index >= 15 is 0 Å². The molecule has 1 saturated heterocycles. The third-order valence-electron chi connectivity index (χ3n) is 5.09. The molecule has 0 radical (unpaired) electrons. The highest BCUT2D eigenvalue weighted by atomic mass is 19.1. The summed E-state index contributed by atoms with van der Waals surface area (Å²) in [5.41, 5.74) is 1.18. The van der Waals surface area contributed by atoms with Crippen LogP contribution < -0.4 is 4.74 Å². The molecule has 0 N–H and O–H groups in total. The fraction of sp³-hybridized carbons (Fsp3) is 0.524. The highest BCUT2D eigenvalue weighted by molar-refractivity contribution is 5.77. The molecular weight excluding hydrogens is 345 g/mol. The van der Waals surface area contributed by atoms with Gasteiger partial charge in [-0.3, -0.25) is 4.79 Å². The van der Waals surface area contributed by atoms with Crippen LogP contribution in [0.2, 0.25) is 0 Å². The molecule has 0 bridgehead atoms. The molecule has 1 unspecified atom stereocenters. The number of nitrogens with zero attached hydrogens (tertiary/aromatic N) is 3. The molecular formula is C21H28FN3O2. The Bertz CT molecular complexity index is 770. The summed E-state index contributed by atoms with van der Waals surface area (Å²) in [7, 11) is 0. The van der Waals surface area contributed by atoms with Crippen molar-refractivity contribution in [3.8, 4) is 5.75 Å². The number of ether oxygens (including phenoxy) is 1. The van der Waals surface area contributed by atoms with Crippen molar-refractivity contribution in [2.45, 2.75) is 46.1 Å². The molecule has 1 aliphatic rings. The predicted octanol–water partition coefficient (Wildman–Crippen LogP) is 3.77. The molecule has 5 nitrogen and oxygen atoms in total. The van der Waals surface area contributed by atoms with Crippen LogP contribution in [0.3, 0.4) is 0 Å². The molecule has 27 heavy (non-hydrogen) atoms. The molecule has 0 spiro atoms. The van der Waals surface area contributed by atoms with E-state index in [2.05, 4.69) is 30.3 Å². The van der Waals surface area contributed by atoms with E-state index in [1.54, 1.807) is 0 Å². The van der Waals surface area contributed by atoms with Crippen LogP contribution in [0.15, 0.2) is 30.5 Å². The van der Waals surface area contributed by atoms with Crippen LogP contribution >= 0.6 is 0 Å². The number of hydrogen-bond acceptors (Lipinski definition) is 3. The first kappa shape index (κ1) is 19.4. The molecule has 0 saturated carbocycles. The van der Waals surface area contributed by atoms with Gasteiger partial charge in [0, 0.05) is 37.4 Å². The van der Waals surface area contributed by atoms with E-state index in [1.165, 1.54) is 30.0 Å². The maximum Gasteiger partial charge on any atom is 0.260 e. The fourth-order valence-corrected chi connectivity index (χ4v) is 3.84. The maximum absolute atomic E-state index is 12.9. The second-order valence-corrected chi connectivity index (χ2v) is 7.57. The van der Waals surface area contributed by atoms with E-state index in [0.29, 0.717) is 17.7 Å². The van der Waals surface area contributed by atoms with Crippen molar-refractivity contribution in [3.63, 3.8) is 0 Å². The van der Waals surface area contributed by atoms with Crippen molar-refractivity contribution in [2.24, 2.45) is 5.92 Å². The molecule has 1 aliphatic heterocycles. The first-order chi connectivity index (χ1) is 12.9. The zero-order chi connectivity index (χ0) is 19.4. The Labute approximate surface area is 160 Å². The van der Waals surface area contributed by atoms with E-state index in [4.69, 9.17) is 4.74 Å². The highest BCUT2D eigenvalue weighted by Gasteiger charge is 2.25. The van der Waals surface area contributed by atoms with E-state index in [1.807, 2.05) is 11.1 Å². The Hall–Kier alpha value is -2.37. The van der Waals surface area contributed by atoms with Crippen molar-refractivity contribution < 1.29 is 13.9 Å². The number of aryl methyl sites for hydroxylation is 1. The molecule has 3 rings (SSSR count). The number of amides is 1.